The lowest BCUT2D eigenvalue weighted by molar-refractivity contribution is 0.0950. The molecule has 0 unspecified atom stereocenters. The van der Waals surface area contributed by atoms with Crippen molar-refractivity contribution in [3.63, 3.8) is 0 Å². The number of benzene rings is 1. The number of amides is 2. The van der Waals surface area contributed by atoms with E-state index >= 15 is 0 Å². The quantitative estimate of drug-likeness (QED) is 0.911. The van der Waals surface area contributed by atoms with Crippen LogP contribution in [0.4, 0.5) is 5.69 Å². The molecule has 2 aromatic rings. The molecule has 1 aliphatic rings. The Kier molecular flexibility index (Phi) is 4.06. The van der Waals surface area contributed by atoms with Crippen molar-refractivity contribution >= 4 is 29.1 Å². The minimum atomic E-state index is -0.337. The molecule has 0 spiro atoms. The summed E-state index contributed by atoms with van der Waals surface area (Å²) in [5, 5.41) is 6.12. The van der Waals surface area contributed by atoms with E-state index in [9.17, 15) is 9.59 Å². The Morgan fingerprint density at radius 1 is 1.09 bits per heavy atom. The van der Waals surface area contributed by atoms with Crippen molar-refractivity contribution < 1.29 is 9.59 Å². The standard InChI is InChI=1S/C16H14ClN3O2/c17-12-2-1-3-14(7-12)20-16(22)11-6-10(8-18-9-11)15(21)19-13-4-5-13/h1-3,6-9,13H,4-5H2,(H,19,21)(H,20,22). The number of carbonyl (C=O) groups is 2. The minimum absolute atomic E-state index is 0.201. The van der Waals surface area contributed by atoms with Gasteiger partial charge in [-0.3, -0.25) is 14.6 Å². The fourth-order valence-electron chi connectivity index (χ4n) is 1.95. The number of halogens is 1. The van der Waals surface area contributed by atoms with E-state index in [1.54, 1.807) is 24.3 Å². The number of hydrogen-bond acceptors (Lipinski definition) is 3. The molecule has 3 rings (SSSR count). The van der Waals surface area contributed by atoms with E-state index in [0.29, 0.717) is 21.8 Å². The molecule has 1 saturated carbocycles. The summed E-state index contributed by atoms with van der Waals surface area (Å²) in [6.45, 7) is 0. The Balaban J connectivity index is 1.73. The number of nitrogens with zero attached hydrogens (tertiary/aromatic N) is 1. The molecule has 2 amide bonds. The molecule has 1 aromatic carbocycles. The highest BCUT2D eigenvalue weighted by molar-refractivity contribution is 6.31. The molecule has 112 valence electrons. The van der Waals surface area contributed by atoms with Crippen LogP contribution < -0.4 is 10.6 Å². The second kappa shape index (κ2) is 6.15. The van der Waals surface area contributed by atoms with Gasteiger partial charge in [0.1, 0.15) is 0 Å². The maximum Gasteiger partial charge on any atom is 0.257 e. The van der Waals surface area contributed by atoms with Gasteiger partial charge in [-0.25, -0.2) is 0 Å². The van der Waals surface area contributed by atoms with Crippen LogP contribution in [0.2, 0.25) is 5.02 Å². The maximum absolute atomic E-state index is 12.2. The molecule has 6 heteroatoms. The predicted molar refractivity (Wildman–Crippen MR) is 84.1 cm³/mol. The lowest BCUT2D eigenvalue weighted by Gasteiger charge is -2.07. The van der Waals surface area contributed by atoms with E-state index < -0.39 is 0 Å². The normalized spacial score (nSPS) is 13.5. The zero-order valence-electron chi connectivity index (χ0n) is 11.7. The van der Waals surface area contributed by atoms with Crippen LogP contribution in [0.5, 0.6) is 0 Å². The van der Waals surface area contributed by atoms with E-state index in [-0.39, 0.29) is 17.9 Å². The van der Waals surface area contributed by atoms with Crippen molar-refractivity contribution in [2.75, 3.05) is 5.32 Å². The van der Waals surface area contributed by atoms with E-state index in [4.69, 9.17) is 11.6 Å². The maximum atomic E-state index is 12.2. The van der Waals surface area contributed by atoms with Crippen molar-refractivity contribution in [2.24, 2.45) is 0 Å². The van der Waals surface area contributed by atoms with E-state index in [1.165, 1.54) is 18.5 Å². The molecule has 0 bridgehead atoms. The minimum Gasteiger partial charge on any atom is -0.349 e. The summed E-state index contributed by atoms with van der Waals surface area (Å²) in [6, 6.07) is 8.65. The second-order valence-corrected chi connectivity index (χ2v) is 5.61. The Bertz CT molecular complexity index is 729. The van der Waals surface area contributed by atoms with Crippen LogP contribution in [-0.4, -0.2) is 22.8 Å². The Morgan fingerprint density at radius 3 is 2.50 bits per heavy atom. The summed E-state index contributed by atoms with van der Waals surface area (Å²) in [6.07, 6.45) is 4.89. The van der Waals surface area contributed by atoms with Crippen LogP contribution in [0.1, 0.15) is 33.6 Å². The lowest BCUT2D eigenvalue weighted by Crippen LogP contribution is -2.26. The van der Waals surface area contributed by atoms with Crippen molar-refractivity contribution in [3.8, 4) is 0 Å². The molecule has 2 N–H and O–H groups in total. The van der Waals surface area contributed by atoms with Gasteiger partial charge in [0.25, 0.3) is 11.8 Å². The fraction of sp³-hybridized carbons (Fsp3) is 0.188. The molecule has 0 saturated heterocycles. The number of carbonyl (C=O) groups excluding carboxylic acids is 2. The summed E-state index contributed by atoms with van der Waals surface area (Å²) >= 11 is 5.88. The molecule has 0 radical (unpaired) electrons. The number of nitrogens with one attached hydrogen (secondary N) is 2. The fourth-order valence-corrected chi connectivity index (χ4v) is 2.14. The third-order valence-electron chi connectivity index (χ3n) is 3.26. The van der Waals surface area contributed by atoms with Crippen molar-refractivity contribution in [2.45, 2.75) is 18.9 Å². The van der Waals surface area contributed by atoms with Crippen molar-refractivity contribution in [1.29, 1.82) is 0 Å². The first kappa shape index (κ1) is 14.5. The number of aromatic nitrogens is 1. The molecule has 1 aliphatic carbocycles. The smallest absolute Gasteiger partial charge is 0.257 e. The molecule has 1 heterocycles. The van der Waals surface area contributed by atoms with Gasteiger partial charge in [-0.15, -0.1) is 0 Å². The van der Waals surface area contributed by atoms with Crippen LogP contribution in [0.15, 0.2) is 42.7 Å². The van der Waals surface area contributed by atoms with Gasteiger partial charge in [0, 0.05) is 29.1 Å². The van der Waals surface area contributed by atoms with Gasteiger partial charge >= 0.3 is 0 Å². The van der Waals surface area contributed by atoms with E-state index in [1.807, 2.05) is 0 Å². The Hall–Kier alpha value is -2.40. The average molecular weight is 316 g/mol. The number of anilines is 1. The second-order valence-electron chi connectivity index (χ2n) is 5.17. The Morgan fingerprint density at radius 2 is 1.82 bits per heavy atom. The van der Waals surface area contributed by atoms with Crippen molar-refractivity contribution in [1.82, 2.24) is 10.3 Å². The van der Waals surface area contributed by atoms with Gasteiger partial charge in [0.2, 0.25) is 0 Å². The van der Waals surface area contributed by atoms with Gasteiger partial charge < -0.3 is 10.6 Å². The largest absolute Gasteiger partial charge is 0.349 e. The highest BCUT2D eigenvalue weighted by Crippen LogP contribution is 2.19. The zero-order chi connectivity index (χ0) is 15.5. The number of pyridine rings is 1. The molecule has 22 heavy (non-hydrogen) atoms. The molecule has 0 atom stereocenters. The van der Waals surface area contributed by atoms with Gasteiger partial charge in [0.05, 0.1) is 11.1 Å². The third kappa shape index (κ3) is 3.62. The highest BCUT2D eigenvalue weighted by Gasteiger charge is 2.24. The zero-order valence-corrected chi connectivity index (χ0v) is 12.4. The number of hydrogen-bond donors (Lipinski definition) is 2. The van der Waals surface area contributed by atoms with Crippen LogP contribution in [0.25, 0.3) is 0 Å². The SMILES string of the molecule is O=C(Nc1cccc(Cl)c1)c1cncc(C(=O)NC2CC2)c1. The summed E-state index contributed by atoms with van der Waals surface area (Å²) in [5.41, 5.74) is 1.29. The van der Waals surface area contributed by atoms with Gasteiger partial charge in [-0.05, 0) is 37.1 Å². The predicted octanol–water partition coefficient (Wildman–Crippen LogP) is 2.88. The molecule has 1 aromatic heterocycles. The molecular formula is C16H14ClN3O2. The summed E-state index contributed by atoms with van der Waals surface area (Å²) in [5.74, 6) is -0.539. The van der Waals surface area contributed by atoms with Gasteiger partial charge in [-0.2, -0.15) is 0 Å². The first-order chi connectivity index (χ1) is 10.6. The third-order valence-corrected chi connectivity index (χ3v) is 3.49. The molecule has 0 aliphatic heterocycles. The van der Waals surface area contributed by atoms with E-state index in [0.717, 1.165) is 12.8 Å². The van der Waals surface area contributed by atoms with E-state index in [2.05, 4.69) is 15.6 Å². The first-order valence-corrected chi connectivity index (χ1v) is 7.32. The monoisotopic (exact) mass is 315 g/mol. The first-order valence-electron chi connectivity index (χ1n) is 6.94. The summed E-state index contributed by atoms with van der Waals surface area (Å²) in [4.78, 5) is 28.1. The van der Waals surface area contributed by atoms with Crippen LogP contribution in [0.3, 0.4) is 0 Å². The molecular weight excluding hydrogens is 302 g/mol. The number of rotatable bonds is 4. The molecule has 5 nitrogen and oxygen atoms in total. The Labute approximate surface area is 132 Å². The summed E-state index contributed by atoms with van der Waals surface area (Å²) in [7, 11) is 0. The van der Waals surface area contributed by atoms with Gasteiger partial charge in [-0.1, -0.05) is 17.7 Å². The molecule has 1 fully saturated rings. The van der Waals surface area contributed by atoms with Crippen LogP contribution >= 0.6 is 11.6 Å². The van der Waals surface area contributed by atoms with Crippen LogP contribution in [0, 0.1) is 0 Å². The van der Waals surface area contributed by atoms with Gasteiger partial charge in [0.15, 0.2) is 0 Å². The average Bonchev–Trinajstić information content (AvgIpc) is 3.31. The van der Waals surface area contributed by atoms with Crippen molar-refractivity contribution in [3.05, 3.63) is 58.9 Å². The lowest BCUT2D eigenvalue weighted by atomic mass is 10.2. The topological polar surface area (TPSA) is 71.1 Å². The highest BCUT2D eigenvalue weighted by atomic mass is 35.5. The summed E-state index contributed by atoms with van der Waals surface area (Å²) < 4.78 is 0. The van der Waals surface area contributed by atoms with Crippen LogP contribution in [-0.2, 0) is 0 Å².